The lowest BCUT2D eigenvalue weighted by molar-refractivity contribution is -0.140. The highest BCUT2D eigenvalue weighted by molar-refractivity contribution is 9.10. The standard InChI is InChI=1S/C33H40BrN3O4S/c1-24-12-10-13-25(2)32(24)37(42(3,40)41)23-31(38)36(22-27-16-11-17-28(34)20-27)30(21-26-14-6-4-7-15-26)33(39)35-29-18-8-5-9-19-29/h4,6-7,10-17,20,29-30H,5,8-9,18-19,21-23H2,1-3H3,(H,35,39). The normalized spacial score (nSPS) is 14.7. The van der Waals surface area contributed by atoms with Crippen LogP contribution in [0.4, 0.5) is 5.69 Å². The highest BCUT2D eigenvalue weighted by Crippen LogP contribution is 2.28. The number of carbonyl (C=O) groups excluding carboxylic acids is 2. The molecule has 0 spiro atoms. The number of benzene rings is 3. The van der Waals surface area contributed by atoms with Gasteiger partial charge in [0.1, 0.15) is 12.6 Å². The lowest BCUT2D eigenvalue weighted by atomic mass is 9.94. The molecule has 0 aliphatic heterocycles. The Hall–Kier alpha value is -3.17. The summed E-state index contributed by atoms with van der Waals surface area (Å²) in [6, 6.07) is 22.0. The molecule has 0 saturated heterocycles. The van der Waals surface area contributed by atoms with Crippen molar-refractivity contribution in [3.8, 4) is 0 Å². The minimum absolute atomic E-state index is 0.0643. The first-order chi connectivity index (χ1) is 20.0. The zero-order valence-corrected chi connectivity index (χ0v) is 27.0. The summed E-state index contributed by atoms with van der Waals surface area (Å²) in [5.74, 6) is -0.658. The van der Waals surface area contributed by atoms with Gasteiger partial charge in [0.05, 0.1) is 11.9 Å². The molecule has 0 radical (unpaired) electrons. The van der Waals surface area contributed by atoms with Crippen LogP contribution in [0.1, 0.15) is 54.4 Å². The third kappa shape index (κ3) is 8.44. The average molecular weight is 655 g/mol. The number of amides is 2. The number of nitrogens with one attached hydrogen (secondary N) is 1. The summed E-state index contributed by atoms with van der Waals surface area (Å²) in [6.07, 6.45) is 6.54. The van der Waals surface area contributed by atoms with Gasteiger partial charge in [0, 0.05) is 23.5 Å². The van der Waals surface area contributed by atoms with Crippen molar-refractivity contribution in [1.82, 2.24) is 10.2 Å². The van der Waals surface area contributed by atoms with Crippen LogP contribution in [0.2, 0.25) is 0 Å². The fourth-order valence-corrected chi connectivity index (χ4v) is 7.12. The van der Waals surface area contributed by atoms with Gasteiger partial charge in [0.2, 0.25) is 21.8 Å². The van der Waals surface area contributed by atoms with Gasteiger partial charge in [-0.25, -0.2) is 8.42 Å². The van der Waals surface area contributed by atoms with E-state index < -0.39 is 28.5 Å². The van der Waals surface area contributed by atoms with E-state index >= 15 is 0 Å². The number of nitrogens with zero attached hydrogens (tertiary/aromatic N) is 2. The van der Waals surface area contributed by atoms with Crippen molar-refractivity contribution in [1.29, 1.82) is 0 Å². The van der Waals surface area contributed by atoms with Crippen LogP contribution in [-0.4, -0.2) is 50.0 Å². The molecule has 7 nitrogen and oxygen atoms in total. The van der Waals surface area contributed by atoms with Gasteiger partial charge < -0.3 is 10.2 Å². The average Bonchev–Trinajstić information content (AvgIpc) is 2.94. The molecule has 3 aromatic carbocycles. The zero-order chi connectivity index (χ0) is 30.3. The fourth-order valence-electron chi connectivity index (χ4n) is 5.71. The van der Waals surface area contributed by atoms with Gasteiger partial charge in [-0.15, -0.1) is 0 Å². The second-order valence-electron chi connectivity index (χ2n) is 11.2. The monoisotopic (exact) mass is 653 g/mol. The van der Waals surface area contributed by atoms with Crippen LogP contribution >= 0.6 is 15.9 Å². The van der Waals surface area contributed by atoms with Crippen LogP contribution in [0.15, 0.2) is 77.3 Å². The van der Waals surface area contributed by atoms with Crippen LogP contribution in [0.25, 0.3) is 0 Å². The minimum Gasteiger partial charge on any atom is -0.352 e. The van der Waals surface area contributed by atoms with Crippen LogP contribution < -0.4 is 9.62 Å². The Balaban J connectivity index is 1.75. The number of sulfonamides is 1. The quantitative estimate of drug-likeness (QED) is 0.278. The number of hydrogen-bond donors (Lipinski definition) is 1. The fraction of sp³-hybridized carbons (Fsp3) is 0.394. The van der Waals surface area contributed by atoms with Gasteiger partial charge in [0.25, 0.3) is 0 Å². The molecule has 1 aliphatic carbocycles. The van der Waals surface area contributed by atoms with E-state index in [4.69, 9.17) is 0 Å². The first kappa shape index (κ1) is 31.8. The number of rotatable bonds is 11. The molecule has 1 N–H and O–H groups in total. The third-order valence-electron chi connectivity index (χ3n) is 7.83. The van der Waals surface area contributed by atoms with Gasteiger partial charge in [0.15, 0.2) is 0 Å². The molecular weight excluding hydrogens is 614 g/mol. The summed E-state index contributed by atoms with van der Waals surface area (Å²) >= 11 is 3.52. The van der Waals surface area contributed by atoms with Crippen molar-refractivity contribution in [3.63, 3.8) is 0 Å². The van der Waals surface area contributed by atoms with Crippen molar-refractivity contribution >= 4 is 43.5 Å². The van der Waals surface area contributed by atoms with E-state index in [-0.39, 0.29) is 18.5 Å². The molecule has 42 heavy (non-hydrogen) atoms. The predicted octanol–water partition coefficient (Wildman–Crippen LogP) is 5.92. The highest BCUT2D eigenvalue weighted by Gasteiger charge is 2.34. The van der Waals surface area contributed by atoms with E-state index in [1.54, 1.807) is 4.90 Å². The van der Waals surface area contributed by atoms with E-state index in [1.807, 2.05) is 86.6 Å². The first-order valence-corrected chi connectivity index (χ1v) is 17.1. The lowest BCUT2D eigenvalue weighted by Gasteiger charge is -2.35. The second kappa shape index (κ2) is 14.3. The molecule has 0 aromatic heterocycles. The minimum atomic E-state index is -3.82. The van der Waals surface area contributed by atoms with Crippen molar-refractivity contribution in [2.24, 2.45) is 0 Å². The largest absolute Gasteiger partial charge is 0.352 e. The van der Waals surface area contributed by atoms with Gasteiger partial charge >= 0.3 is 0 Å². The SMILES string of the molecule is Cc1cccc(C)c1N(CC(=O)N(Cc1cccc(Br)c1)C(Cc1ccccc1)C(=O)NC1CCCCC1)S(C)(=O)=O. The summed E-state index contributed by atoms with van der Waals surface area (Å²) in [5.41, 5.74) is 3.74. The Morgan fingerprint density at radius 2 is 1.52 bits per heavy atom. The number of anilines is 1. The molecular formula is C33H40BrN3O4S. The molecule has 4 rings (SSSR count). The molecule has 9 heteroatoms. The van der Waals surface area contributed by atoms with Crippen LogP contribution in [0, 0.1) is 13.8 Å². The lowest BCUT2D eigenvalue weighted by Crippen LogP contribution is -2.55. The Labute approximate surface area is 258 Å². The Bertz CT molecular complexity index is 1470. The Kier molecular flexibility index (Phi) is 10.8. The Morgan fingerprint density at radius 3 is 2.14 bits per heavy atom. The van der Waals surface area contributed by atoms with E-state index in [0.717, 1.165) is 65.1 Å². The molecule has 1 unspecified atom stereocenters. The van der Waals surface area contributed by atoms with Gasteiger partial charge in [-0.3, -0.25) is 13.9 Å². The van der Waals surface area contributed by atoms with E-state index in [1.165, 1.54) is 4.31 Å². The van der Waals surface area contributed by atoms with Crippen molar-refractivity contribution in [2.75, 3.05) is 17.1 Å². The second-order valence-corrected chi connectivity index (χ2v) is 14.0. The summed E-state index contributed by atoms with van der Waals surface area (Å²) < 4.78 is 28.3. The van der Waals surface area contributed by atoms with E-state index in [9.17, 15) is 18.0 Å². The van der Waals surface area contributed by atoms with Crippen molar-refractivity contribution in [2.45, 2.75) is 71.0 Å². The summed E-state index contributed by atoms with van der Waals surface area (Å²) in [5, 5.41) is 3.23. The topological polar surface area (TPSA) is 86.8 Å². The molecule has 3 aromatic rings. The smallest absolute Gasteiger partial charge is 0.244 e. The third-order valence-corrected chi connectivity index (χ3v) is 9.44. The molecule has 1 saturated carbocycles. The number of carbonyl (C=O) groups is 2. The zero-order valence-electron chi connectivity index (χ0n) is 24.6. The Morgan fingerprint density at radius 1 is 0.905 bits per heavy atom. The maximum absolute atomic E-state index is 14.3. The van der Waals surface area contributed by atoms with Crippen LogP contribution in [0.3, 0.4) is 0 Å². The van der Waals surface area contributed by atoms with Gasteiger partial charge in [-0.05, 0) is 61.1 Å². The molecule has 1 atom stereocenters. The van der Waals surface area contributed by atoms with E-state index in [0.29, 0.717) is 12.1 Å². The van der Waals surface area contributed by atoms with E-state index in [2.05, 4.69) is 21.2 Å². The van der Waals surface area contributed by atoms with Crippen LogP contribution in [-0.2, 0) is 32.6 Å². The highest BCUT2D eigenvalue weighted by atomic mass is 79.9. The molecule has 0 bridgehead atoms. The van der Waals surface area contributed by atoms with Gasteiger partial charge in [-0.2, -0.15) is 0 Å². The molecule has 1 aliphatic rings. The van der Waals surface area contributed by atoms with Crippen LogP contribution in [0.5, 0.6) is 0 Å². The van der Waals surface area contributed by atoms with Gasteiger partial charge in [-0.1, -0.05) is 95.9 Å². The van der Waals surface area contributed by atoms with Crippen molar-refractivity contribution in [3.05, 3.63) is 99.5 Å². The number of halogens is 1. The number of aryl methyl sites for hydroxylation is 2. The summed E-state index contributed by atoms with van der Waals surface area (Å²) in [4.78, 5) is 29.9. The summed E-state index contributed by atoms with van der Waals surface area (Å²) in [6.45, 7) is 3.40. The summed E-state index contributed by atoms with van der Waals surface area (Å²) in [7, 11) is -3.82. The number of hydrogen-bond acceptors (Lipinski definition) is 4. The maximum atomic E-state index is 14.3. The predicted molar refractivity (Wildman–Crippen MR) is 172 cm³/mol. The maximum Gasteiger partial charge on any atom is 0.244 e. The molecule has 0 heterocycles. The first-order valence-electron chi connectivity index (χ1n) is 14.4. The van der Waals surface area contributed by atoms with Crippen molar-refractivity contribution < 1.29 is 18.0 Å². The molecule has 224 valence electrons. The molecule has 2 amide bonds. The molecule has 1 fully saturated rings. The number of para-hydroxylation sites is 1.